The summed E-state index contributed by atoms with van der Waals surface area (Å²) in [4.78, 5) is 18.8. The molecule has 0 radical (unpaired) electrons. The molecule has 3 rings (SSSR count). The van der Waals surface area contributed by atoms with E-state index >= 15 is 0 Å². The van der Waals surface area contributed by atoms with Crippen LogP contribution in [0.1, 0.15) is 48.4 Å². The molecule has 0 unspecified atom stereocenters. The number of aliphatic hydroxyl groups is 1. The van der Waals surface area contributed by atoms with Crippen LogP contribution in [0.15, 0.2) is 29.6 Å². The number of amides is 1. The average molecular weight is 445 g/mol. The summed E-state index contributed by atoms with van der Waals surface area (Å²) in [7, 11) is 0. The van der Waals surface area contributed by atoms with Gasteiger partial charge < -0.3 is 14.7 Å². The molecule has 5 nitrogen and oxygen atoms in total. The first-order valence-corrected chi connectivity index (χ1v) is 12.1. The highest BCUT2D eigenvalue weighted by Gasteiger charge is 2.33. The van der Waals surface area contributed by atoms with Gasteiger partial charge in [-0.05, 0) is 61.7 Å². The lowest BCUT2D eigenvalue weighted by Gasteiger charge is -2.37. The molecule has 6 heteroatoms. The van der Waals surface area contributed by atoms with Crippen LogP contribution < -0.4 is 4.74 Å². The van der Waals surface area contributed by atoms with E-state index in [-0.39, 0.29) is 11.9 Å². The molecular weight excluding hydrogens is 408 g/mol. The van der Waals surface area contributed by atoms with Crippen LogP contribution in [-0.4, -0.2) is 59.7 Å². The molecule has 0 saturated carbocycles. The molecule has 0 bridgehead atoms. The van der Waals surface area contributed by atoms with Crippen LogP contribution in [0.3, 0.4) is 0 Å². The number of nitrogens with zero attached hydrogens (tertiary/aromatic N) is 2. The number of fused-ring (bicyclic) bond motifs is 1. The van der Waals surface area contributed by atoms with Crippen LogP contribution in [0.5, 0.6) is 5.75 Å². The minimum atomic E-state index is -0.458. The van der Waals surface area contributed by atoms with Gasteiger partial charge in [0.2, 0.25) is 5.91 Å². The first-order chi connectivity index (χ1) is 14.7. The number of rotatable bonds is 9. The number of carbonyl (C=O) groups is 1. The predicted octanol–water partition coefficient (Wildman–Crippen LogP) is 4.21. The third-order valence-electron chi connectivity index (χ3n) is 5.65. The summed E-state index contributed by atoms with van der Waals surface area (Å²) in [5.41, 5.74) is 3.53. The van der Waals surface area contributed by atoms with E-state index in [1.54, 1.807) is 18.3 Å². The van der Waals surface area contributed by atoms with Crippen molar-refractivity contribution in [2.24, 2.45) is 5.92 Å². The molecule has 1 aliphatic rings. The van der Waals surface area contributed by atoms with Crippen molar-refractivity contribution in [3.05, 3.63) is 51.2 Å². The molecule has 1 aromatic carbocycles. The summed E-state index contributed by atoms with van der Waals surface area (Å²) < 4.78 is 6.23. The molecular formula is C25H36N2O3S. The normalized spacial score (nSPS) is 17.2. The summed E-state index contributed by atoms with van der Waals surface area (Å²) in [5.74, 6) is 1.41. The standard InChI is InChI=1S/C25H36N2O3S/c1-17(2)13-26(14-20(5)28)15-25(29)27-10-8-24-21(9-11-31-24)22(27)16-30-23-7-6-18(3)12-19(23)4/h6-7,9,11-12,17,20,22,28H,8,10,13-16H2,1-5H3/t20-,22-/m0/s1. The molecule has 31 heavy (non-hydrogen) atoms. The van der Waals surface area contributed by atoms with Crippen molar-refractivity contribution in [1.82, 2.24) is 9.80 Å². The molecule has 1 amide bonds. The van der Waals surface area contributed by atoms with Crippen molar-refractivity contribution < 1.29 is 14.6 Å². The molecule has 0 aliphatic carbocycles. The number of hydrogen-bond acceptors (Lipinski definition) is 5. The minimum Gasteiger partial charge on any atom is -0.491 e. The molecule has 2 atom stereocenters. The van der Waals surface area contributed by atoms with Gasteiger partial charge in [-0.25, -0.2) is 0 Å². The summed E-state index contributed by atoms with van der Waals surface area (Å²) in [6, 6.07) is 8.24. The highest BCUT2D eigenvalue weighted by molar-refractivity contribution is 7.10. The van der Waals surface area contributed by atoms with Gasteiger partial charge in [-0.3, -0.25) is 9.69 Å². The number of ether oxygens (including phenoxy) is 1. The van der Waals surface area contributed by atoms with Gasteiger partial charge in [0.25, 0.3) is 0 Å². The van der Waals surface area contributed by atoms with E-state index in [0.29, 0.717) is 32.2 Å². The Balaban J connectivity index is 1.76. The summed E-state index contributed by atoms with van der Waals surface area (Å²) >= 11 is 1.76. The number of benzene rings is 1. The van der Waals surface area contributed by atoms with Gasteiger partial charge in [-0.15, -0.1) is 11.3 Å². The molecule has 1 N–H and O–H groups in total. The molecule has 1 aromatic heterocycles. The van der Waals surface area contributed by atoms with Crippen LogP contribution in [0, 0.1) is 19.8 Å². The second kappa shape index (κ2) is 10.6. The van der Waals surface area contributed by atoms with Crippen LogP contribution >= 0.6 is 11.3 Å². The lowest BCUT2D eigenvalue weighted by molar-refractivity contribution is -0.136. The van der Waals surface area contributed by atoms with E-state index in [4.69, 9.17) is 4.74 Å². The fraction of sp³-hybridized carbons (Fsp3) is 0.560. The van der Waals surface area contributed by atoms with Gasteiger partial charge >= 0.3 is 0 Å². The lowest BCUT2D eigenvalue weighted by Crippen LogP contribution is -2.48. The fourth-order valence-electron chi connectivity index (χ4n) is 4.38. The highest BCUT2D eigenvalue weighted by Crippen LogP contribution is 2.34. The third-order valence-corrected chi connectivity index (χ3v) is 6.64. The van der Waals surface area contributed by atoms with Crippen LogP contribution in [0.2, 0.25) is 0 Å². The Kier molecular flexibility index (Phi) is 8.14. The molecule has 2 aromatic rings. The zero-order valence-corrected chi connectivity index (χ0v) is 20.2. The molecule has 2 heterocycles. The van der Waals surface area contributed by atoms with Gasteiger partial charge in [-0.2, -0.15) is 0 Å². The van der Waals surface area contributed by atoms with Gasteiger partial charge in [0.15, 0.2) is 0 Å². The smallest absolute Gasteiger partial charge is 0.237 e. The molecule has 170 valence electrons. The number of aliphatic hydroxyl groups excluding tert-OH is 1. The van der Waals surface area contributed by atoms with Gasteiger partial charge in [0, 0.05) is 24.5 Å². The highest BCUT2D eigenvalue weighted by atomic mass is 32.1. The third kappa shape index (κ3) is 6.31. The summed E-state index contributed by atoms with van der Waals surface area (Å²) in [6.45, 7) is 12.9. The quantitative estimate of drug-likeness (QED) is 0.630. The van der Waals surface area contributed by atoms with Crippen molar-refractivity contribution in [3.8, 4) is 5.75 Å². The van der Waals surface area contributed by atoms with Gasteiger partial charge in [0.1, 0.15) is 12.4 Å². The van der Waals surface area contributed by atoms with E-state index in [9.17, 15) is 9.90 Å². The molecule has 1 aliphatic heterocycles. The van der Waals surface area contributed by atoms with E-state index in [1.807, 2.05) is 11.0 Å². The summed E-state index contributed by atoms with van der Waals surface area (Å²) in [5, 5.41) is 12.0. The van der Waals surface area contributed by atoms with Crippen LogP contribution in [-0.2, 0) is 11.2 Å². The van der Waals surface area contributed by atoms with E-state index in [2.05, 4.69) is 56.2 Å². The Labute approximate surface area is 190 Å². The van der Waals surface area contributed by atoms with Crippen LogP contribution in [0.4, 0.5) is 0 Å². The summed E-state index contributed by atoms with van der Waals surface area (Å²) in [6.07, 6.45) is 0.430. The van der Waals surface area contributed by atoms with Crippen molar-refractivity contribution in [2.75, 3.05) is 32.8 Å². The molecule has 0 fully saturated rings. The van der Waals surface area contributed by atoms with Crippen molar-refractivity contribution >= 4 is 17.2 Å². The van der Waals surface area contributed by atoms with Gasteiger partial charge in [-0.1, -0.05) is 31.5 Å². The fourth-order valence-corrected chi connectivity index (χ4v) is 5.31. The van der Waals surface area contributed by atoms with E-state index in [1.165, 1.54) is 16.0 Å². The SMILES string of the molecule is Cc1ccc(OC[C@H]2c3ccsc3CCN2C(=O)CN(CC(C)C)C[C@H](C)O)c(C)c1. The maximum atomic E-state index is 13.4. The predicted molar refractivity (Wildman–Crippen MR) is 127 cm³/mol. The maximum absolute atomic E-state index is 13.4. The second-order valence-corrected chi connectivity index (χ2v) is 10.2. The molecule has 0 saturated heterocycles. The Hall–Kier alpha value is -1.89. The Morgan fingerprint density at radius 3 is 2.71 bits per heavy atom. The minimum absolute atomic E-state index is 0.0874. The monoisotopic (exact) mass is 444 g/mol. The zero-order chi connectivity index (χ0) is 22.5. The first kappa shape index (κ1) is 23.8. The lowest BCUT2D eigenvalue weighted by atomic mass is 10.00. The average Bonchev–Trinajstić information content (AvgIpc) is 3.15. The number of aryl methyl sites for hydroxylation is 2. The van der Waals surface area contributed by atoms with E-state index in [0.717, 1.165) is 24.3 Å². The second-order valence-electron chi connectivity index (χ2n) is 9.17. The largest absolute Gasteiger partial charge is 0.491 e. The Morgan fingerprint density at radius 1 is 1.26 bits per heavy atom. The van der Waals surface area contributed by atoms with Crippen molar-refractivity contribution in [1.29, 1.82) is 0 Å². The maximum Gasteiger partial charge on any atom is 0.237 e. The number of hydrogen-bond donors (Lipinski definition) is 1. The first-order valence-electron chi connectivity index (χ1n) is 11.2. The van der Waals surface area contributed by atoms with Gasteiger partial charge in [0.05, 0.1) is 18.7 Å². The Morgan fingerprint density at radius 2 is 2.03 bits per heavy atom. The number of carbonyl (C=O) groups excluding carboxylic acids is 1. The van der Waals surface area contributed by atoms with E-state index < -0.39 is 6.10 Å². The van der Waals surface area contributed by atoms with Crippen molar-refractivity contribution in [2.45, 2.75) is 53.2 Å². The topological polar surface area (TPSA) is 53.0 Å². The van der Waals surface area contributed by atoms with Crippen molar-refractivity contribution in [3.63, 3.8) is 0 Å². The van der Waals surface area contributed by atoms with Crippen LogP contribution in [0.25, 0.3) is 0 Å². The Bertz CT molecular complexity index is 867. The zero-order valence-electron chi connectivity index (χ0n) is 19.4. The number of thiophene rings is 1. The molecule has 0 spiro atoms.